The van der Waals surface area contributed by atoms with Gasteiger partial charge in [0.25, 0.3) is 11.8 Å². The van der Waals surface area contributed by atoms with Gasteiger partial charge < -0.3 is 20.8 Å². The summed E-state index contributed by atoms with van der Waals surface area (Å²) < 4.78 is 6.88. The van der Waals surface area contributed by atoms with E-state index in [1.807, 2.05) is 31.2 Å². The molecule has 29 heavy (non-hydrogen) atoms. The lowest BCUT2D eigenvalue weighted by Gasteiger charge is -2.11. The Kier molecular flexibility index (Phi) is 4.70. The van der Waals surface area contributed by atoms with Crippen LogP contribution in [0.1, 0.15) is 27.9 Å². The first-order valence-electron chi connectivity index (χ1n) is 8.94. The SMILES string of the molecule is CCOc1ccccc1NC(=O)c1ncn(-c2nc3ccccc3[nH]2)c1C(N)=O. The Balaban J connectivity index is 1.72. The van der Waals surface area contributed by atoms with Crippen molar-refractivity contribution in [3.8, 4) is 11.7 Å². The number of benzene rings is 2. The van der Waals surface area contributed by atoms with Crippen LogP contribution in [0.3, 0.4) is 0 Å². The molecular weight excluding hydrogens is 372 g/mol. The maximum atomic E-state index is 12.8. The third-order valence-corrected chi connectivity index (χ3v) is 4.26. The Labute approximate surface area is 165 Å². The summed E-state index contributed by atoms with van der Waals surface area (Å²) in [5, 5.41) is 2.72. The molecule has 0 aliphatic rings. The summed E-state index contributed by atoms with van der Waals surface area (Å²) in [6.07, 6.45) is 1.33. The molecule has 0 unspecified atom stereocenters. The molecule has 4 rings (SSSR count). The lowest BCUT2D eigenvalue weighted by molar-refractivity contribution is 0.0970. The number of nitrogens with one attached hydrogen (secondary N) is 2. The molecule has 0 spiro atoms. The van der Waals surface area contributed by atoms with Crippen molar-refractivity contribution in [1.82, 2.24) is 19.5 Å². The number of ether oxygens (including phenoxy) is 1. The maximum absolute atomic E-state index is 12.8. The lowest BCUT2D eigenvalue weighted by Crippen LogP contribution is -2.23. The van der Waals surface area contributed by atoms with E-state index in [9.17, 15) is 9.59 Å². The highest BCUT2D eigenvalue weighted by molar-refractivity contribution is 6.10. The molecule has 0 saturated carbocycles. The van der Waals surface area contributed by atoms with E-state index in [0.717, 1.165) is 5.52 Å². The second kappa shape index (κ2) is 7.47. The van der Waals surface area contributed by atoms with E-state index in [1.54, 1.807) is 24.3 Å². The number of nitrogens with zero attached hydrogens (tertiary/aromatic N) is 3. The van der Waals surface area contributed by atoms with Gasteiger partial charge in [0.05, 0.1) is 23.3 Å². The normalized spacial score (nSPS) is 10.8. The van der Waals surface area contributed by atoms with E-state index in [-0.39, 0.29) is 11.4 Å². The molecule has 0 radical (unpaired) electrons. The number of hydrogen-bond acceptors (Lipinski definition) is 5. The molecule has 0 aliphatic carbocycles. The van der Waals surface area contributed by atoms with E-state index >= 15 is 0 Å². The van der Waals surface area contributed by atoms with Crippen LogP contribution < -0.4 is 15.8 Å². The molecule has 0 bridgehead atoms. The van der Waals surface area contributed by atoms with Crippen molar-refractivity contribution < 1.29 is 14.3 Å². The van der Waals surface area contributed by atoms with Gasteiger partial charge in [0.2, 0.25) is 5.95 Å². The van der Waals surface area contributed by atoms with Crippen LogP contribution in [-0.2, 0) is 0 Å². The second-order valence-corrected chi connectivity index (χ2v) is 6.14. The fourth-order valence-corrected chi connectivity index (χ4v) is 3.00. The molecule has 4 aromatic rings. The van der Waals surface area contributed by atoms with Crippen molar-refractivity contribution in [3.63, 3.8) is 0 Å². The number of anilines is 1. The number of nitrogens with two attached hydrogens (primary N) is 1. The molecule has 9 nitrogen and oxygen atoms in total. The number of fused-ring (bicyclic) bond motifs is 1. The standard InChI is InChI=1S/C20H18N6O3/c1-2-29-15-10-6-5-9-14(15)23-19(28)16-17(18(21)27)26(11-22-16)20-24-12-7-3-4-8-13(12)25-20/h3-11H,2H2,1H3,(H2,21,27)(H,23,28)(H,24,25). The number of H-pyrrole nitrogens is 1. The molecular formula is C20H18N6O3. The van der Waals surface area contributed by atoms with Crippen LogP contribution >= 0.6 is 0 Å². The molecule has 0 saturated heterocycles. The van der Waals surface area contributed by atoms with Gasteiger partial charge in [0.1, 0.15) is 17.8 Å². The highest BCUT2D eigenvalue weighted by atomic mass is 16.5. The smallest absolute Gasteiger partial charge is 0.276 e. The number of hydrogen-bond donors (Lipinski definition) is 3. The van der Waals surface area contributed by atoms with Gasteiger partial charge in [-0.1, -0.05) is 24.3 Å². The van der Waals surface area contributed by atoms with E-state index < -0.39 is 11.8 Å². The fourth-order valence-electron chi connectivity index (χ4n) is 3.00. The first kappa shape index (κ1) is 18.2. The van der Waals surface area contributed by atoms with E-state index in [4.69, 9.17) is 10.5 Å². The molecule has 0 atom stereocenters. The minimum Gasteiger partial charge on any atom is -0.492 e. The third-order valence-electron chi connectivity index (χ3n) is 4.26. The van der Waals surface area contributed by atoms with E-state index in [0.29, 0.717) is 29.5 Å². The van der Waals surface area contributed by atoms with Crippen LogP contribution in [0.25, 0.3) is 17.0 Å². The third kappa shape index (κ3) is 3.41. The number of para-hydroxylation sites is 4. The Morgan fingerprint density at radius 2 is 1.93 bits per heavy atom. The molecule has 9 heteroatoms. The lowest BCUT2D eigenvalue weighted by atomic mass is 10.2. The van der Waals surface area contributed by atoms with Crippen LogP contribution in [0.4, 0.5) is 5.69 Å². The number of aromatic amines is 1. The Morgan fingerprint density at radius 1 is 1.17 bits per heavy atom. The molecule has 2 aromatic carbocycles. The number of amides is 2. The summed E-state index contributed by atoms with van der Waals surface area (Å²) in [5.74, 6) is -0.533. The number of aromatic nitrogens is 4. The number of imidazole rings is 2. The largest absolute Gasteiger partial charge is 0.492 e. The van der Waals surface area contributed by atoms with Gasteiger partial charge in [-0.05, 0) is 31.2 Å². The fraction of sp³-hybridized carbons (Fsp3) is 0.100. The molecule has 4 N–H and O–H groups in total. The monoisotopic (exact) mass is 390 g/mol. The number of carbonyl (C=O) groups is 2. The van der Waals surface area contributed by atoms with Crippen molar-refractivity contribution >= 4 is 28.5 Å². The molecule has 2 heterocycles. The minimum absolute atomic E-state index is 0.0737. The topological polar surface area (TPSA) is 128 Å². The van der Waals surface area contributed by atoms with Crippen molar-refractivity contribution in [3.05, 3.63) is 66.2 Å². The van der Waals surface area contributed by atoms with Crippen LogP contribution in [0, 0.1) is 0 Å². The molecule has 146 valence electrons. The molecule has 2 amide bonds. The van der Waals surface area contributed by atoms with Crippen LogP contribution in [0.5, 0.6) is 5.75 Å². The van der Waals surface area contributed by atoms with E-state index in [1.165, 1.54) is 10.9 Å². The zero-order valence-corrected chi connectivity index (χ0v) is 15.5. The zero-order chi connectivity index (χ0) is 20.4. The molecule has 2 aromatic heterocycles. The highest BCUT2D eigenvalue weighted by Gasteiger charge is 2.25. The second-order valence-electron chi connectivity index (χ2n) is 6.14. The summed E-state index contributed by atoms with van der Waals surface area (Å²) in [6.45, 7) is 2.29. The summed E-state index contributed by atoms with van der Waals surface area (Å²) in [5.41, 5.74) is 7.33. The number of primary amides is 1. The average molecular weight is 390 g/mol. The van der Waals surface area contributed by atoms with Crippen molar-refractivity contribution in [1.29, 1.82) is 0 Å². The van der Waals surface area contributed by atoms with Gasteiger partial charge in [-0.15, -0.1) is 0 Å². The van der Waals surface area contributed by atoms with Gasteiger partial charge in [-0.25, -0.2) is 9.97 Å². The van der Waals surface area contributed by atoms with Crippen molar-refractivity contribution in [2.75, 3.05) is 11.9 Å². The Hall–Kier alpha value is -4.14. The van der Waals surface area contributed by atoms with Crippen LogP contribution in [-0.4, -0.2) is 37.9 Å². The number of carbonyl (C=O) groups excluding carboxylic acids is 2. The molecule has 0 aliphatic heterocycles. The van der Waals surface area contributed by atoms with Gasteiger partial charge >= 0.3 is 0 Å². The van der Waals surface area contributed by atoms with Gasteiger partial charge in [-0.3, -0.25) is 14.2 Å². The Bertz CT molecular complexity index is 1180. The predicted octanol–water partition coefficient (Wildman–Crippen LogP) is 2.50. The molecule has 0 fully saturated rings. The van der Waals surface area contributed by atoms with Crippen LogP contribution in [0.15, 0.2) is 54.9 Å². The first-order valence-corrected chi connectivity index (χ1v) is 8.94. The summed E-state index contributed by atoms with van der Waals surface area (Å²) >= 11 is 0. The van der Waals surface area contributed by atoms with Gasteiger partial charge in [0.15, 0.2) is 5.69 Å². The predicted molar refractivity (Wildman–Crippen MR) is 107 cm³/mol. The maximum Gasteiger partial charge on any atom is 0.276 e. The zero-order valence-electron chi connectivity index (χ0n) is 15.5. The van der Waals surface area contributed by atoms with E-state index in [2.05, 4.69) is 20.3 Å². The Morgan fingerprint density at radius 3 is 2.69 bits per heavy atom. The van der Waals surface area contributed by atoms with Gasteiger partial charge in [-0.2, -0.15) is 0 Å². The van der Waals surface area contributed by atoms with Crippen molar-refractivity contribution in [2.45, 2.75) is 6.92 Å². The van der Waals surface area contributed by atoms with Gasteiger partial charge in [0, 0.05) is 0 Å². The van der Waals surface area contributed by atoms with Crippen molar-refractivity contribution in [2.24, 2.45) is 5.73 Å². The summed E-state index contributed by atoms with van der Waals surface area (Å²) in [7, 11) is 0. The minimum atomic E-state index is -0.800. The summed E-state index contributed by atoms with van der Waals surface area (Å²) in [6, 6.07) is 14.4. The quantitative estimate of drug-likeness (QED) is 0.466. The first-order chi connectivity index (χ1) is 14.1. The average Bonchev–Trinajstić information content (AvgIpc) is 3.33. The summed E-state index contributed by atoms with van der Waals surface area (Å²) in [4.78, 5) is 36.6. The highest BCUT2D eigenvalue weighted by Crippen LogP contribution is 2.25. The van der Waals surface area contributed by atoms with Crippen LogP contribution in [0.2, 0.25) is 0 Å². The number of rotatable bonds is 6.